The molecule has 2 aromatic carbocycles. The van der Waals surface area contributed by atoms with Crippen LogP contribution in [0, 0.1) is 6.92 Å². The van der Waals surface area contributed by atoms with Gasteiger partial charge in [0.15, 0.2) is 0 Å². The summed E-state index contributed by atoms with van der Waals surface area (Å²) in [5.74, 6) is 0. The highest BCUT2D eigenvalue weighted by molar-refractivity contribution is 9.10. The van der Waals surface area contributed by atoms with E-state index in [2.05, 4.69) is 45.3 Å². The Morgan fingerprint density at radius 3 is 2.13 bits per heavy atom. The molecule has 0 aromatic heterocycles. The zero-order chi connectivity index (χ0) is 16.8. The minimum absolute atomic E-state index is 0.248. The summed E-state index contributed by atoms with van der Waals surface area (Å²) >= 11 is 3.45. The summed E-state index contributed by atoms with van der Waals surface area (Å²) < 4.78 is 1.02. The van der Waals surface area contributed by atoms with Crippen molar-refractivity contribution < 1.29 is 4.79 Å². The van der Waals surface area contributed by atoms with Gasteiger partial charge in [-0.05, 0) is 68.8 Å². The van der Waals surface area contributed by atoms with Gasteiger partial charge in [0, 0.05) is 34.6 Å². The van der Waals surface area contributed by atoms with E-state index in [-0.39, 0.29) is 6.03 Å². The molecule has 0 unspecified atom stereocenters. The predicted octanol–water partition coefficient (Wildman–Crippen LogP) is 5.25. The fourth-order valence-corrected chi connectivity index (χ4v) is 2.61. The average molecular weight is 376 g/mol. The first-order valence-corrected chi connectivity index (χ1v) is 8.52. The maximum absolute atomic E-state index is 12.1. The summed E-state index contributed by atoms with van der Waals surface area (Å²) in [6, 6.07) is 13.3. The second kappa shape index (κ2) is 8.02. The fraction of sp³-hybridized carbons (Fsp3) is 0.278. The lowest BCUT2D eigenvalue weighted by molar-refractivity contribution is 0.262. The van der Waals surface area contributed by atoms with Crippen molar-refractivity contribution in [3.05, 3.63) is 52.5 Å². The number of halogens is 1. The minimum atomic E-state index is -0.248. The van der Waals surface area contributed by atoms with E-state index < -0.39 is 0 Å². The Morgan fingerprint density at radius 2 is 1.57 bits per heavy atom. The number of urea groups is 1. The standard InChI is InChI=1S/C18H22BrN3O/c1-4-22(5-2)16-9-6-14(7-10-16)20-18(23)21-15-8-11-17(19)13(3)12-15/h6-12H,4-5H2,1-3H3,(H2,20,21,23). The molecule has 122 valence electrons. The fourth-order valence-electron chi connectivity index (χ4n) is 2.36. The normalized spacial score (nSPS) is 10.3. The van der Waals surface area contributed by atoms with E-state index in [9.17, 15) is 4.79 Å². The molecule has 0 radical (unpaired) electrons. The number of nitrogens with zero attached hydrogens (tertiary/aromatic N) is 1. The molecule has 0 aliphatic heterocycles. The molecule has 2 rings (SSSR count). The highest BCUT2D eigenvalue weighted by Gasteiger charge is 2.05. The van der Waals surface area contributed by atoms with Crippen molar-refractivity contribution >= 4 is 39.0 Å². The van der Waals surface area contributed by atoms with Gasteiger partial charge in [-0.2, -0.15) is 0 Å². The Hall–Kier alpha value is -2.01. The van der Waals surface area contributed by atoms with Gasteiger partial charge in [-0.25, -0.2) is 4.79 Å². The number of rotatable bonds is 5. The smallest absolute Gasteiger partial charge is 0.323 e. The molecule has 0 aliphatic carbocycles. The molecule has 2 amide bonds. The maximum atomic E-state index is 12.1. The Kier molecular flexibility index (Phi) is 6.04. The van der Waals surface area contributed by atoms with Crippen molar-refractivity contribution in [2.45, 2.75) is 20.8 Å². The first kappa shape index (κ1) is 17.3. The third-order valence-electron chi connectivity index (χ3n) is 3.67. The van der Waals surface area contributed by atoms with E-state index >= 15 is 0 Å². The molecule has 0 heterocycles. The van der Waals surface area contributed by atoms with Gasteiger partial charge >= 0.3 is 6.03 Å². The van der Waals surface area contributed by atoms with Gasteiger partial charge in [0.25, 0.3) is 0 Å². The van der Waals surface area contributed by atoms with Gasteiger partial charge in [-0.1, -0.05) is 15.9 Å². The summed E-state index contributed by atoms with van der Waals surface area (Å²) in [6.45, 7) is 8.17. The van der Waals surface area contributed by atoms with Gasteiger partial charge in [-0.15, -0.1) is 0 Å². The topological polar surface area (TPSA) is 44.4 Å². The van der Waals surface area contributed by atoms with Crippen LogP contribution >= 0.6 is 15.9 Å². The van der Waals surface area contributed by atoms with Crippen LogP contribution in [-0.2, 0) is 0 Å². The Balaban J connectivity index is 1.98. The monoisotopic (exact) mass is 375 g/mol. The van der Waals surface area contributed by atoms with Crippen LogP contribution in [0.3, 0.4) is 0 Å². The molecule has 0 saturated heterocycles. The van der Waals surface area contributed by atoms with Crippen LogP contribution in [0.25, 0.3) is 0 Å². The molecular weight excluding hydrogens is 354 g/mol. The molecule has 23 heavy (non-hydrogen) atoms. The van der Waals surface area contributed by atoms with Crippen molar-refractivity contribution in [2.24, 2.45) is 0 Å². The van der Waals surface area contributed by atoms with E-state index in [4.69, 9.17) is 0 Å². The van der Waals surface area contributed by atoms with Crippen LogP contribution < -0.4 is 15.5 Å². The Bertz CT molecular complexity index is 666. The minimum Gasteiger partial charge on any atom is -0.372 e. The highest BCUT2D eigenvalue weighted by atomic mass is 79.9. The molecular formula is C18H22BrN3O. The zero-order valence-corrected chi connectivity index (χ0v) is 15.3. The number of nitrogens with one attached hydrogen (secondary N) is 2. The number of amides is 2. The molecule has 0 saturated carbocycles. The molecule has 0 spiro atoms. The Morgan fingerprint density at radius 1 is 1.00 bits per heavy atom. The first-order valence-electron chi connectivity index (χ1n) is 7.72. The van der Waals surface area contributed by atoms with Crippen molar-refractivity contribution in [1.82, 2.24) is 0 Å². The van der Waals surface area contributed by atoms with Gasteiger partial charge in [0.2, 0.25) is 0 Å². The van der Waals surface area contributed by atoms with E-state index in [1.54, 1.807) is 0 Å². The van der Waals surface area contributed by atoms with Crippen LogP contribution in [0.4, 0.5) is 21.9 Å². The summed E-state index contributed by atoms with van der Waals surface area (Å²) in [7, 11) is 0. The summed E-state index contributed by atoms with van der Waals surface area (Å²) in [6.07, 6.45) is 0. The second-order valence-electron chi connectivity index (χ2n) is 5.26. The van der Waals surface area contributed by atoms with E-state index in [1.807, 2.05) is 49.4 Å². The van der Waals surface area contributed by atoms with Crippen molar-refractivity contribution in [3.63, 3.8) is 0 Å². The lowest BCUT2D eigenvalue weighted by atomic mass is 10.2. The number of anilines is 3. The van der Waals surface area contributed by atoms with Crippen LogP contribution in [0.5, 0.6) is 0 Å². The quantitative estimate of drug-likeness (QED) is 0.749. The highest BCUT2D eigenvalue weighted by Crippen LogP contribution is 2.21. The number of aryl methyl sites for hydroxylation is 1. The second-order valence-corrected chi connectivity index (χ2v) is 6.12. The molecule has 0 bridgehead atoms. The van der Waals surface area contributed by atoms with E-state index in [0.29, 0.717) is 0 Å². The van der Waals surface area contributed by atoms with Crippen LogP contribution in [-0.4, -0.2) is 19.1 Å². The predicted molar refractivity (Wildman–Crippen MR) is 102 cm³/mol. The lowest BCUT2D eigenvalue weighted by Gasteiger charge is -2.21. The third kappa shape index (κ3) is 4.73. The number of carbonyl (C=O) groups is 1. The van der Waals surface area contributed by atoms with Gasteiger partial charge < -0.3 is 15.5 Å². The van der Waals surface area contributed by atoms with Crippen LogP contribution in [0.1, 0.15) is 19.4 Å². The molecule has 0 aliphatic rings. The molecule has 4 nitrogen and oxygen atoms in total. The van der Waals surface area contributed by atoms with Gasteiger partial charge in [-0.3, -0.25) is 0 Å². The Labute approximate surface area is 146 Å². The molecule has 0 fully saturated rings. The van der Waals surface area contributed by atoms with Crippen molar-refractivity contribution in [2.75, 3.05) is 28.6 Å². The lowest BCUT2D eigenvalue weighted by Crippen LogP contribution is -2.22. The zero-order valence-electron chi connectivity index (χ0n) is 13.7. The summed E-state index contributed by atoms with van der Waals surface area (Å²) in [5.41, 5.74) is 3.77. The SMILES string of the molecule is CCN(CC)c1ccc(NC(=O)Nc2ccc(Br)c(C)c2)cc1. The van der Waals surface area contributed by atoms with Crippen molar-refractivity contribution in [1.29, 1.82) is 0 Å². The number of carbonyl (C=O) groups excluding carboxylic acids is 1. The summed E-state index contributed by atoms with van der Waals surface area (Å²) in [4.78, 5) is 14.3. The molecule has 2 aromatic rings. The average Bonchev–Trinajstić information content (AvgIpc) is 2.53. The summed E-state index contributed by atoms with van der Waals surface area (Å²) in [5, 5.41) is 5.68. The number of hydrogen-bond donors (Lipinski definition) is 2. The van der Waals surface area contributed by atoms with Crippen molar-refractivity contribution in [3.8, 4) is 0 Å². The molecule has 0 atom stereocenters. The largest absolute Gasteiger partial charge is 0.372 e. The van der Waals surface area contributed by atoms with E-state index in [0.717, 1.165) is 40.2 Å². The van der Waals surface area contributed by atoms with Gasteiger partial charge in [0.1, 0.15) is 0 Å². The third-order valence-corrected chi connectivity index (χ3v) is 4.56. The number of benzene rings is 2. The molecule has 2 N–H and O–H groups in total. The maximum Gasteiger partial charge on any atom is 0.323 e. The molecule has 5 heteroatoms. The van der Waals surface area contributed by atoms with Crippen LogP contribution in [0.15, 0.2) is 46.9 Å². The van der Waals surface area contributed by atoms with Gasteiger partial charge in [0.05, 0.1) is 0 Å². The van der Waals surface area contributed by atoms with E-state index in [1.165, 1.54) is 0 Å². The first-order chi connectivity index (χ1) is 11.0. The number of hydrogen-bond acceptors (Lipinski definition) is 2. The van der Waals surface area contributed by atoms with Crippen LogP contribution in [0.2, 0.25) is 0 Å².